The molecule has 2 aliphatic heterocycles. The number of piperidine rings is 1. The van der Waals surface area contributed by atoms with Gasteiger partial charge in [-0.05, 0) is 62.6 Å². The summed E-state index contributed by atoms with van der Waals surface area (Å²) >= 11 is 0. The molecule has 0 saturated carbocycles. The van der Waals surface area contributed by atoms with Crippen LogP contribution in [0.1, 0.15) is 49.0 Å². The van der Waals surface area contributed by atoms with Gasteiger partial charge in [0.2, 0.25) is 10.0 Å². The molecule has 188 valence electrons. The number of Topliss-reactive ketones (excluding diaryl/α,β-unsaturated/α-hetero) is 1. The number of ketones is 1. The maximum atomic E-state index is 14.1. The number of carbonyl (C=O) groups is 2. The first-order valence-corrected chi connectivity index (χ1v) is 13.0. The Bertz CT molecular complexity index is 1260. The highest BCUT2D eigenvalue weighted by atomic mass is 32.2. The van der Waals surface area contributed by atoms with E-state index >= 15 is 0 Å². The molecule has 4 rings (SSSR count). The summed E-state index contributed by atoms with van der Waals surface area (Å²) in [7, 11) is -3.71. The molecular weight excluding hydrogens is 478 g/mol. The van der Waals surface area contributed by atoms with E-state index in [0.717, 1.165) is 6.07 Å². The van der Waals surface area contributed by atoms with Crippen LogP contribution in [0, 0.1) is 11.6 Å². The van der Waals surface area contributed by atoms with Crippen molar-refractivity contribution in [2.45, 2.75) is 50.4 Å². The molecule has 1 spiro atoms. The summed E-state index contributed by atoms with van der Waals surface area (Å²) in [5.74, 6) is -1.27. The Kier molecular flexibility index (Phi) is 6.72. The normalized spacial score (nSPS) is 17.2. The fourth-order valence-corrected chi connectivity index (χ4v) is 5.05. The molecule has 2 aromatic rings. The number of halogens is 2. The SMILES string of the molecule is CC(C)S(=O)(=O)Nc1cc(CNC(=O)N2CCC3(CC2)CC(=O)c2cc(F)ccc2N3)ccc1F. The van der Waals surface area contributed by atoms with E-state index in [2.05, 4.69) is 15.4 Å². The van der Waals surface area contributed by atoms with E-state index < -0.39 is 32.4 Å². The van der Waals surface area contributed by atoms with Crippen LogP contribution >= 0.6 is 0 Å². The van der Waals surface area contributed by atoms with Crippen molar-refractivity contribution in [1.29, 1.82) is 0 Å². The Labute approximate surface area is 203 Å². The number of hydrogen-bond donors (Lipinski definition) is 3. The smallest absolute Gasteiger partial charge is 0.317 e. The predicted molar refractivity (Wildman–Crippen MR) is 129 cm³/mol. The number of rotatable bonds is 5. The van der Waals surface area contributed by atoms with Gasteiger partial charge in [-0.3, -0.25) is 9.52 Å². The van der Waals surface area contributed by atoms with Crippen molar-refractivity contribution >= 4 is 33.2 Å². The second kappa shape index (κ2) is 9.44. The zero-order chi connectivity index (χ0) is 25.4. The first-order chi connectivity index (χ1) is 16.5. The molecule has 35 heavy (non-hydrogen) atoms. The Morgan fingerprint density at radius 2 is 1.86 bits per heavy atom. The summed E-state index contributed by atoms with van der Waals surface area (Å²) in [5, 5.41) is 5.44. The first kappa shape index (κ1) is 24.9. The fourth-order valence-electron chi connectivity index (χ4n) is 4.35. The quantitative estimate of drug-likeness (QED) is 0.571. The molecule has 1 saturated heterocycles. The number of fused-ring (bicyclic) bond motifs is 1. The largest absolute Gasteiger partial charge is 0.378 e. The lowest BCUT2D eigenvalue weighted by Crippen LogP contribution is -2.55. The lowest BCUT2D eigenvalue weighted by atomic mass is 9.78. The molecule has 2 aliphatic rings. The molecule has 0 atom stereocenters. The molecule has 2 amide bonds. The zero-order valence-electron chi connectivity index (χ0n) is 19.5. The molecule has 0 radical (unpaired) electrons. The Morgan fingerprint density at radius 1 is 1.14 bits per heavy atom. The number of hydrogen-bond acceptors (Lipinski definition) is 5. The Balaban J connectivity index is 1.34. The summed E-state index contributed by atoms with van der Waals surface area (Å²) in [6.45, 7) is 3.92. The van der Waals surface area contributed by atoms with Gasteiger partial charge in [0.25, 0.3) is 0 Å². The van der Waals surface area contributed by atoms with E-state index in [1.165, 1.54) is 38.1 Å². The third-order valence-corrected chi connectivity index (χ3v) is 8.28. The predicted octanol–water partition coefficient (Wildman–Crippen LogP) is 3.86. The Hall–Kier alpha value is -3.21. The molecule has 3 N–H and O–H groups in total. The molecule has 0 aliphatic carbocycles. The van der Waals surface area contributed by atoms with Crippen LogP contribution in [-0.2, 0) is 16.6 Å². The monoisotopic (exact) mass is 506 g/mol. The van der Waals surface area contributed by atoms with Gasteiger partial charge in [0.1, 0.15) is 11.6 Å². The number of sulfonamides is 1. The van der Waals surface area contributed by atoms with Crippen LogP contribution in [0.25, 0.3) is 0 Å². The highest BCUT2D eigenvalue weighted by Gasteiger charge is 2.41. The van der Waals surface area contributed by atoms with Crippen LogP contribution < -0.4 is 15.4 Å². The van der Waals surface area contributed by atoms with Gasteiger partial charge in [-0.1, -0.05) is 6.07 Å². The number of nitrogens with zero attached hydrogens (tertiary/aromatic N) is 1. The molecule has 2 aromatic carbocycles. The molecule has 11 heteroatoms. The van der Waals surface area contributed by atoms with Gasteiger partial charge < -0.3 is 15.5 Å². The van der Waals surface area contributed by atoms with E-state index in [-0.39, 0.29) is 30.5 Å². The molecule has 2 heterocycles. The molecule has 0 unspecified atom stereocenters. The van der Waals surface area contributed by atoms with Crippen molar-refractivity contribution in [3.05, 3.63) is 59.2 Å². The molecule has 1 fully saturated rings. The van der Waals surface area contributed by atoms with E-state index in [4.69, 9.17) is 0 Å². The van der Waals surface area contributed by atoms with E-state index in [1.807, 2.05) is 0 Å². The lowest BCUT2D eigenvalue weighted by Gasteiger charge is -2.45. The second-order valence-electron chi connectivity index (χ2n) is 9.35. The highest BCUT2D eigenvalue weighted by molar-refractivity contribution is 7.93. The maximum Gasteiger partial charge on any atom is 0.317 e. The van der Waals surface area contributed by atoms with Crippen LogP contribution in [0.5, 0.6) is 0 Å². The standard InChI is InChI=1S/C24H28F2N4O4S/c1-15(2)35(33,34)29-21-11-16(3-5-19(21)26)14-27-23(32)30-9-7-24(8-10-30)13-22(31)18-12-17(25)4-6-20(18)28-24/h3-6,11-12,15,28-29H,7-10,13-14H2,1-2H3,(H,27,32). The van der Waals surface area contributed by atoms with Gasteiger partial charge in [0, 0.05) is 42.8 Å². The van der Waals surface area contributed by atoms with Gasteiger partial charge in [-0.2, -0.15) is 0 Å². The van der Waals surface area contributed by atoms with E-state index in [9.17, 15) is 26.8 Å². The number of carbonyl (C=O) groups excluding carboxylic acids is 2. The van der Waals surface area contributed by atoms with Gasteiger partial charge >= 0.3 is 6.03 Å². The van der Waals surface area contributed by atoms with Crippen molar-refractivity contribution in [1.82, 2.24) is 10.2 Å². The second-order valence-corrected chi connectivity index (χ2v) is 11.6. The summed E-state index contributed by atoms with van der Waals surface area (Å²) < 4.78 is 54.0. The third kappa shape index (κ3) is 5.39. The van der Waals surface area contributed by atoms with Crippen LogP contribution in [0.2, 0.25) is 0 Å². The topological polar surface area (TPSA) is 108 Å². The highest BCUT2D eigenvalue weighted by Crippen LogP contribution is 2.37. The van der Waals surface area contributed by atoms with Crippen molar-refractivity contribution < 1.29 is 26.8 Å². The van der Waals surface area contributed by atoms with Gasteiger partial charge in [-0.25, -0.2) is 22.0 Å². The fraction of sp³-hybridized carbons (Fsp3) is 0.417. The van der Waals surface area contributed by atoms with Crippen molar-refractivity contribution in [3.63, 3.8) is 0 Å². The number of benzene rings is 2. The molecule has 8 nitrogen and oxygen atoms in total. The summed E-state index contributed by atoms with van der Waals surface area (Å²) in [6, 6.07) is 7.81. The summed E-state index contributed by atoms with van der Waals surface area (Å²) in [4.78, 5) is 26.9. The number of nitrogens with one attached hydrogen (secondary N) is 3. The number of urea groups is 1. The first-order valence-electron chi connectivity index (χ1n) is 11.4. The van der Waals surface area contributed by atoms with Crippen LogP contribution in [-0.4, -0.2) is 49.0 Å². The van der Waals surface area contributed by atoms with Gasteiger partial charge in [0.05, 0.1) is 10.9 Å². The zero-order valence-corrected chi connectivity index (χ0v) is 20.3. The minimum Gasteiger partial charge on any atom is -0.378 e. The van der Waals surface area contributed by atoms with Crippen molar-refractivity contribution in [3.8, 4) is 0 Å². The average molecular weight is 507 g/mol. The van der Waals surface area contributed by atoms with Crippen molar-refractivity contribution in [2.75, 3.05) is 23.1 Å². The number of likely N-dealkylation sites (tertiary alicyclic amines) is 1. The maximum absolute atomic E-state index is 14.1. The van der Waals surface area contributed by atoms with Gasteiger partial charge in [0.15, 0.2) is 5.78 Å². The number of anilines is 2. The number of amides is 2. The minimum absolute atomic E-state index is 0.0901. The van der Waals surface area contributed by atoms with Crippen molar-refractivity contribution in [2.24, 2.45) is 0 Å². The lowest BCUT2D eigenvalue weighted by molar-refractivity contribution is 0.0915. The van der Waals surface area contributed by atoms with Crippen LogP contribution in [0.3, 0.4) is 0 Å². The van der Waals surface area contributed by atoms with Crippen LogP contribution in [0.15, 0.2) is 36.4 Å². The Morgan fingerprint density at radius 3 is 2.54 bits per heavy atom. The van der Waals surface area contributed by atoms with E-state index in [1.54, 1.807) is 11.0 Å². The minimum atomic E-state index is -3.71. The summed E-state index contributed by atoms with van der Waals surface area (Å²) in [5.41, 5.74) is 0.862. The van der Waals surface area contributed by atoms with Crippen LogP contribution in [0.4, 0.5) is 25.0 Å². The van der Waals surface area contributed by atoms with Gasteiger partial charge in [-0.15, -0.1) is 0 Å². The average Bonchev–Trinajstić information content (AvgIpc) is 2.80. The third-order valence-electron chi connectivity index (χ3n) is 6.54. The molecular formula is C24H28F2N4O4S. The molecule has 0 bridgehead atoms. The summed E-state index contributed by atoms with van der Waals surface area (Å²) in [6.07, 6.45) is 1.35. The van der Waals surface area contributed by atoms with E-state index in [0.29, 0.717) is 42.7 Å². The molecule has 0 aromatic heterocycles.